The second-order valence-corrected chi connectivity index (χ2v) is 4.05. The van der Waals surface area contributed by atoms with Crippen molar-refractivity contribution in [1.82, 2.24) is 0 Å². The maximum absolute atomic E-state index is 13.8. The van der Waals surface area contributed by atoms with Crippen LogP contribution in [-0.4, -0.2) is 5.11 Å². The summed E-state index contributed by atoms with van der Waals surface area (Å²) in [5.74, 6) is -2.62. The topological polar surface area (TPSA) is 20.2 Å². The molecule has 1 N–H and O–H groups in total. The zero-order valence-electron chi connectivity index (χ0n) is 9.62. The maximum atomic E-state index is 13.8. The summed E-state index contributed by atoms with van der Waals surface area (Å²) >= 11 is 0. The van der Waals surface area contributed by atoms with Crippen molar-refractivity contribution in [1.29, 1.82) is 0 Å². The summed E-state index contributed by atoms with van der Waals surface area (Å²) in [7, 11) is 0. The van der Waals surface area contributed by atoms with E-state index in [1.54, 1.807) is 19.1 Å². The lowest BCUT2D eigenvalue weighted by molar-refractivity contribution is 0.214. The lowest BCUT2D eigenvalue weighted by Gasteiger charge is -2.13. The van der Waals surface area contributed by atoms with Gasteiger partial charge in [0.05, 0.1) is 0 Å². The van der Waals surface area contributed by atoms with E-state index in [1.165, 1.54) is 12.1 Å². The predicted molar refractivity (Wildman–Crippen MR) is 61.6 cm³/mol. The van der Waals surface area contributed by atoms with Gasteiger partial charge in [0.1, 0.15) is 11.9 Å². The summed E-state index contributed by atoms with van der Waals surface area (Å²) in [6.45, 7) is 1.57. The van der Waals surface area contributed by atoms with Crippen LogP contribution >= 0.6 is 0 Å². The first-order valence-corrected chi connectivity index (χ1v) is 5.38. The van der Waals surface area contributed by atoms with Gasteiger partial charge in [0.25, 0.3) is 0 Å². The average Bonchev–Trinajstić information content (AvgIpc) is 2.35. The first-order chi connectivity index (χ1) is 8.50. The fourth-order valence-corrected chi connectivity index (χ4v) is 1.74. The summed E-state index contributed by atoms with van der Waals surface area (Å²) in [4.78, 5) is 0. The number of rotatable bonds is 2. The van der Waals surface area contributed by atoms with Gasteiger partial charge < -0.3 is 5.11 Å². The Bertz CT molecular complexity index is 581. The fourth-order valence-electron chi connectivity index (χ4n) is 1.74. The molecule has 0 fully saturated rings. The van der Waals surface area contributed by atoms with E-state index < -0.39 is 23.6 Å². The Labute approximate surface area is 103 Å². The molecule has 0 aliphatic carbocycles. The highest BCUT2D eigenvalue weighted by molar-refractivity contribution is 5.34. The predicted octanol–water partition coefficient (Wildman–Crippen LogP) is 3.49. The molecule has 4 heteroatoms. The molecule has 1 nitrogen and oxygen atoms in total. The highest BCUT2D eigenvalue weighted by Crippen LogP contribution is 2.26. The van der Waals surface area contributed by atoms with Gasteiger partial charge in [-0.05, 0) is 30.2 Å². The second-order valence-electron chi connectivity index (χ2n) is 4.05. The van der Waals surface area contributed by atoms with Crippen LogP contribution in [0, 0.1) is 24.4 Å². The van der Waals surface area contributed by atoms with E-state index in [1.807, 2.05) is 0 Å². The molecule has 0 spiro atoms. The minimum absolute atomic E-state index is 0.0426. The van der Waals surface area contributed by atoms with E-state index in [4.69, 9.17) is 0 Å². The number of hydrogen-bond acceptors (Lipinski definition) is 1. The molecule has 1 atom stereocenters. The van der Waals surface area contributed by atoms with E-state index in [-0.39, 0.29) is 11.1 Å². The van der Waals surface area contributed by atoms with Crippen LogP contribution in [-0.2, 0) is 0 Å². The first-order valence-electron chi connectivity index (χ1n) is 5.38. The van der Waals surface area contributed by atoms with E-state index >= 15 is 0 Å². The molecule has 0 aliphatic heterocycles. The average molecular weight is 252 g/mol. The minimum atomic E-state index is -1.32. The number of aliphatic hydroxyl groups excluding tert-OH is 1. The van der Waals surface area contributed by atoms with Gasteiger partial charge in [0, 0.05) is 5.56 Å². The number of benzene rings is 2. The molecule has 0 heterocycles. The van der Waals surface area contributed by atoms with Gasteiger partial charge in [0.15, 0.2) is 11.6 Å². The number of hydrogen-bond donors (Lipinski definition) is 1. The Hall–Kier alpha value is -1.81. The highest BCUT2D eigenvalue weighted by Gasteiger charge is 2.17. The molecule has 1 unspecified atom stereocenters. The van der Waals surface area contributed by atoms with Crippen LogP contribution in [0.4, 0.5) is 13.2 Å². The Morgan fingerprint density at radius 2 is 1.72 bits per heavy atom. The van der Waals surface area contributed by atoms with Crippen molar-refractivity contribution in [3.63, 3.8) is 0 Å². The molecule has 0 radical (unpaired) electrons. The number of aryl methyl sites for hydroxylation is 1. The van der Waals surface area contributed by atoms with Gasteiger partial charge >= 0.3 is 0 Å². The lowest BCUT2D eigenvalue weighted by Crippen LogP contribution is -2.04. The first kappa shape index (κ1) is 12.6. The molecule has 94 valence electrons. The van der Waals surface area contributed by atoms with Gasteiger partial charge in [-0.15, -0.1) is 0 Å². The van der Waals surface area contributed by atoms with Crippen LogP contribution in [0.25, 0.3) is 0 Å². The Balaban J connectivity index is 2.44. The van der Waals surface area contributed by atoms with Crippen LogP contribution < -0.4 is 0 Å². The third-order valence-corrected chi connectivity index (χ3v) is 2.78. The SMILES string of the molecule is Cc1cccc(C(O)c2ccc(F)c(F)c2)c1F. The number of aliphatic hydroxyl groups is 1. The third kappa shape index (κ3) is 2.24. The van der Waals surface area contributed by atoms with Gasteiger partial charge in [0.2, 0.25) is 0 Å². The van der Waals surface area contributed by atoms with Crippen molar-refractivity contribution in [2.75, 3.05) is 0 Å². The second kappa shape index (κ2) is 4.82. The van der Waals surface area contributed by atoms with Gasteiger partial charge in [-0.1, -0.05) is 24.3 Å². The lowest BCUT2D eigenvalue weighted by atomic mass is 9.99. The van der Waals surface area contributed by atoms with E-state index in [9.17, 15) is 18.3 Å². The fraction of sp³-hybridized carbons (Fsp3) is 0.143. The smallest absolute Gasteiger partial charge is 0.159 e. The van der Waals surface area contributed by atoms with Crippen LogP contribution in [0.5, 0.6) is 0 Å². The van der Waals surface area contributed by atoms with Crippen molar-refractivity contribution in [2.24, 2.45) is 0 Å². The standard InChI is InChI=1S/C14H11F3O/c1-8-3-2-4-10(13(8)17)14(18)9-5-6-11(15)12(16)7-9/h2-7,14,18H,1H3. The van der Waals surface area contributed by atoms with E-state index in [2.05, 4.69) is 0 Å². The zero-order chi connectivity index (χ0) is 13.3. The summed E-state index contributed by atoms with van der Waals surface area (Å²) < 4.78 is 39.6. The van der Waals surface area contributed by atoms with E-state index in [0.29, 0.717) is 5.56 Å². The van der Waals surface area contributed by atoms with Gasteiger partial charge in [-0.3, -0.25) is 0 Å². The van der Waals surface area contributed by atoms with Crippen LogP contribution in [0.15, 0.2) is 36.4 Å². The normalized spacial score (nSPS) is 12.5. The van der Waals surface area contributed by atoms with Crippen LogP contribution in [0.1, 0.15) is 22.8 Å². The van der Waals surface area contributed by atoms with Crippen molar-refractivity contribution in [3.8, 4) is 0 Å². The largest absolute Gasteiger partial charge is 0.384 e. The monoisotopic (exact) mass is 252 g/mol. The highest BCUT2D eigenvalue weighted by atomic mass is 19.2. The molecule has 2 aromatic rings. The summed E-state index contributed by atoms with van der Waals surface area (Å²) in [5.41, 5.74) is 0.536. The van der Waals surface area contributed by atoms with Crippen molar-refractivity contribution < 1.29 is 18.3 Å². The van der Waals surface area contributed by atoms with Crippen molar-refractivity contribution >= 4 is 0 Å². The molecule has 0 aliphatic rings. The Morgan fingerprint density at radius 3 is 2.39 bits per heavy atom. The van der Waals surface area contributed by atoms with Gasteiger partial charge in [-0.25, -0.2) is 13.2 Å². The van der Waals surface area contributed by atoms with Crippen LogP contribution in [0.3, 0.4) is 0 Å². The molecule has 0 saturated heterocycles. The van der Waals surface area contributed by atoms with Crippen molar-refractivity contribution in [3.05, 3.63) is 70.5 Å². The molecule has 18 heavy (non-hydrogen) atoms. The third-order valence-electron chi connectivity index (χ3n) is 2.78. The molecule has 0 amide bonds. The molecular weight excluding hydrogens is 241 g/mol. The molecule has 2 rings (SSSR count). The minimum Gasteiger partial charge on any atom is -0.384 e. The number of halogens is 3. The zero-order valence-corrected chi connectivity index (χ0v) is 9.62. The molecule has 0 saturated carbocycles. The summed E-state index contributed by atoms with van der Waals surface area (Å²) in [5, 5.41) is 9.98. The molecule has 2 aromatic carbocycles. The van der Waals surface area contributed by atoms with Gasteiger partial charge in [-0.2, -0.15) is 0 Å². The molecular formula is C14H11F3O. The summed E-state index contributed by atoms with van der Waals surface area (Å²) in [6.07, 6.45) is -1.32. The van der Waals surface area contributed by atoms with Crippen LogP contribution in [0.2, 0.25) is 0 Å². The summed E-state index contributed by atoms with van der Waals surface area (Å²) in [6, 6.07) is 7.57. The Morgan fingerprint density at radius 1 is 1.00 bits per heavy atom. The quantitative estimate of drug-likeness (QED) is 0.867. The van der Waals surface area contributed by atoms with E-state index in [0.717, 1.165) is 12.1 Å². The van der Waals surface area contributed by atoms with Crippen molar-refractivity contribution in [2.45, 2.75) is 13.0 Å². The molecule has 0 aromatic heterocycles. The Kier molecular flexibility index (Phi) is 3.39. The maximum Gasteiger partial charge on any atom is 0.159 e. The molecule has 0 bridgehead atoms.